The van der Waals surface area contributed by atoms with Crippen molar-refractivity contribution < 1.29 is 9.53 Å². The number of hydrogen-bond acceptors (Lipinski definition) is 4. The molecule has 0 unspecified atom stereocenters. The zero-order valence-corrected chi connectivity index (χ0v) is 14.0. The summed E-state index contributed by atoms with van der Waals surface area (Å²) >= 11 is 0. The van der Waals surface area contributed by atoms with Crippen molar-refractivity contribution in [2.24, 2.45) is 7.05 Å². The van der Waals surface area contributed by atoms with Gasteiger partial charge in [0.05, 0.1) is 6.20 Å². The van der Waals surface area contributed by atoms with Crippen molar-refractivity contribution in [2.75, 3.05) is 26.8 Å². The second-order valence-corrected chi connectivity index (χ2v) is 6.07. The van der Waals surface area contributed by atoms with Crippen molar-refractivity contribution in [3.05, 3.63) is 17.5 Å². The number of piperidine rings is 1. The van der Waals surface area contributed by atoms with E-state index in [0.717, 1.165) is 26.1 Å². The Morgan fingerprint density at radius 3 is 3.00 bits per heavy atom. The first-order valence-electron chi connectivity index (χ1n) is 8.09. The van der Waals surface area contributed by atoms with Crippen LogP contribution in [-0.2, 0) is 23.1 Å². The van der Waals surface area contributed by atoms with Crippen LogP contribution in [0.1, 0.15) is 36.9 Å². The molecule has 1 fully saturated rings. The summed E-state index contributed by atoms with van der Waals surface area (Å²) in [5.41, 5.74) is 2.54. The summed E-state index contributed by atoms with van der Waals surface area (Å²) in [5.74, 6) is -0.0343. The Hall–Kier alpha value is -1.40. The molecule has 0 aliphatic carbocycles. The minimum atomic E-state index is -0.0343. The van der Waals surface area contributed by atoms with E-state index in [2.05, 4.69) is 22.2 Å². The molecule has 2 rings (SSSR count). The molecular formula is C16H28N4O2. The van der Waals surface area contributed by atoms with Crippen molar-refractivity contribution in [2.45, 2.75) is 45.2 Å². The fraction of sp³-hybridized carbons (Fsp3) is 0.750. The number of aromatic nitrogens is 2. The normalized spacial score (nSPS) is 19.3. The Balaban J connectivity index is 1.85. The molecule has 1 saturated heterocycles. The lowest BCUT2D eigenvalue weighted by molar-refractivity contribution is -0.124. The van der Waals surface area contributed by atoms with Crippen LogP contribution < -0.4 is 5.32 Å². The molecule has 22 heavy (non-hydrogen) atoms. The predicted molar refractivity (Wildman–Crippen MR) is 85.5 cm³/mol. The van der Waals surface area contributed by atoms with Crippen molar-refractivity contribution in [1.82, 2.24) is 20.0 Å². The molecule has 124 valence electrons. The summed E-state index contributed by atoms with van der Waals surface area (Å²) in [6, 6.07) is 0.538. The first-order chi connectivity index (χ1) is 10.6. The van der Waals surface area contributed by atoms with E-state index in [1.54, 1.807) is 7.11 Å². The number of carbonyl (C=O) groups excluding carboxylic acids is 1. The minimum Gasteiger partial charge on any atom is -0.375 e. The van der Waals surface area contributed by atoms with Gasteiger partial charge >= 0.3 is 0 Å². The van der Waals surface area contributed by atoms with E-state index in [1.807, 2.05) is 17.9 Å². The monoisotopic (exact) mass is 308 g/mol. The van der Waals surface area contributed by atoms with Crippen LogP contribution in [0.15, 0.2) is 6.20 Å². The summed E-state index contributed by atoms with van der Waals surface area (Å²) in [6.07, 6.45) is 6.71. The van der Waals surface area contributed by atoms with Crippen molar-refractivity contribution in [3.8, 4) is 0 Å². The largest absolute Gasteiger partial charge is 0.375 e. The second kappa shape index (κ2) is 8.29. The molecule has 1 aromatic rings. The Kier molecular flexibility index (Phi) is 6.39. The third-order valence-corrected chi connectivity index (χ3v) is 4.53. The average molecular weight is 308 g/mol. The van der Waals surface area contributed by atoms with Gasteiger partial charge < -0.3 is 10.1 Å². The first kappa shape index (κ1) is 17.0. The highest BCUT2D eigenvalue weighted by atomic mass is 16.5. The Morgan fingerprint density at radius 1 is 1.50 bits per heavy atom. The van der Waals surface area contributed by atoms with Crippen molar-refractivity contribution >= 4 is 5.91 Å². The summed E-state index contributed by atoms with van der Waals surface area (Å²) in [5, 5.41) is 7.26. The van der Waals surface area contributed by atoms with Crippen LogP contribution in [0.5, 0.6) is 0 Å². The number of rotatable bonds is 7. The number of amides is 1. The fourth-order valence-corrected chi connectivity index (χ4v) is 3.07. The number of methoxy groups -OCH3 is 1. The molecule has 1 atom stereocenters. The number of ether oxygens (including phenoxy) is 1. The molecule has 0 radical (unpaired) electrons. The highest BCUT2D eigenvalue weighted by molar-refractivity contribution is 5.77. The topological polar surface area (TPSA) is 59.4 Å². The summed E-state index contributed by atoms with van der Waals surface area (Å²) in [6.45, 7) is 5.06. The van der Waals surface area contributed by atoms with Gasteiger partial charge in [0.15, 0.2) is 0 Å². The molecule has 0 saturated carbocycles. The lowest BCUT2D eigenvalue weighted by atomic mass is 9.98. The van der Waals surface area contributed by atoms with Gasteiger partial charge in [0.2, 0.25) is 5.91 Å². The van der Waals surface area contributed by atoms with Gasteiger partial charge in [-0.1, -0.05) is 6.42 Å². The molecule has 1 aliphatic rings. The zero-order valence-electron chi connectivity index (χ0n) is 14.0. The van der Waals surface area contributed by atoms with E-state index in [1.165, 1.54) is 30.5 Å². The number of nitrogens with one attached hydrogen (secondary N) is 1. The lowest BCUT2D eigenvalue weighted by Gasteiger charge is -2.35. The highest BCUT2D eigenvalue weighted by Crippen LogP contribution is 2.22. The molecule has 2 heterocycles. The van der Waals surface area contributed by atoms with Crippen molar-refractivity contribution in [1.29, 1.82) is 0 Å². The van der Waals surface area contributed by atoms with E-state index >= 15 is 0 Å². The Morgan fingerprint density at radius 2 is 2.32 bits per heavy atom. The number of carbonyl (C=O) groups is 1. The molecule has 1 aliphatic heterocycles. The molecule has 0 aromatic carbocycles. The maximum Gasteiger partial charge on any atom is 0.245 e. The first-order valence-corrected chi connectivity index (χ1v) is 8.09. The van der Waals surface area contributed by atoms with Gasteiger partial charge in [0, 0.05) is 44.5 Å². The SMILES string of the molecule is COCC(=O)NCC[C@H]1CCCCN1Cc1cnn(C)c1C. The summed E-state index contributed by atoms with van der Waals surface area (Å²) in [4.78, 5) is 14.0. The van der Waals surface area contributed by atoms with Crippen LogP contribution in [-0.4, -0.2) is 53.4 Å². The van der Waals surface area contributed by atoms with E-state index in [4.69, 9.17) is 4.74 Å². The van der Waals surface area contributed by atoms with Crippen LogP contribution in [0.3, 0.4) is 0 Å². The summed E-state index contributed by atoms with van der Waals surface area (Å²) in [7, 11) is 3.52. The third kappa shape index (κ3) is 4.55. The van der Waals surface area contributed by atoms with Crippen LogP contribution in [0.25, 0.3) is 0 Å². The molecular weight excluding hydrogens is 280 g/mol. The standard InChI is InChI=1S/C16H28N4O2/c1-13-14(10-18-19(13)2)11-20-9-5-4-6-15(20)7-8-17-16(21)12-22-3/h10,15H,4-9,11-12H2,1-3H3,(H,17,21)/t15-/m1/s1. The quantitative estimate of drug-likeness (QED) is 0.823. The Bertz CT molecular complexity index is 486. The van der Waals surface area contributed by atoms with Crippen LogP contribution >= 0.6 is 0 Å². The summed E-state index contributed by atoms with van der Waals surface area (Å²) < 4.78 is 6.76. The van der Waals surface area contributed by atoms with Crippen molar-refractivity contribution in [3.63, 3.8) is 0 Å². The number of likely N-dealkylation sites (tertiary alicyclic amines) is 1. The highest BCUT2D eigenvalue weighted by Gasteiger charge is 2.23. The smallest absolute Gasteiger partial charge is 0.245 e. The molecule has 0 bridgehead atoms. The second-order valence-electron chi connectivity index (χ2n) is 6.07. The molecule has 6 nitrogen and oxygen atoms in total. The minimum absolute atomic E-state index is 0.0343. The van der Waals surface area contributed by atoms with Crippen LogP contribution in [0.4, 0.5) is 0 Å². The molecule has 1 N–H and O–H groups in total. The van der Waals surface area contributed by atoms with E-state index < -0.39 is 0 Å². The van der Waals surface area contributed by atoms with Crippen LogP contribution in [0, 0.1) is 6.92 Å². The van der Waals surface area contributed by atoms with Gasteiger partial charge in [-0.15, -0.1) is 0 Å². The maximum absolute atomic E-state index is 11.4. The molecule has 6 heteroatoms. The zero-order chi connectivity index (χ0) is 15.9. The van der Waals surface area contributed by atoms with Crippen LogP contribution in [0.2, 0.25) is 0 Å². The maximum atomic E-state index is 11.4. The van der Waals surface area contributed by atoms with E-state index in [9.17, 15) is 4.79 Å². The molecule has 0 spiro atoms. The average Bonchev–Trinajstić information content (AvgIpc) is 2.81. The Labute approximate surface area is 132 Å². The predicted octanol–water partition coefficient (Wildman–Crippen LogP) is 1.24. The fourth-order valence-electron chi connectivity index (χ4n) is 3.07. The van der Waals surface area contributed by atoms with E-state index in [0.29, 0.717) is 6.04 Å². The number of nitrogens with zero attached hydrogens (tertiary/aromatic N) is 3. The van der Waals surface area contributed by atoms with E-state index in [-0.39, 0.29) is 12.5 Å². The number of hydrogen-bond donors (Lipinski definition) is 1. The van der Waals surface area contributed by atoms with Gasteiger partial charge in [0.25, 0.3) is 0 Å². The third-order valence-electron chi connectivity index (χ3n) is 4.53. The number of aryl methyl sites for hydroxylation is 1. The van der Waals surface area contributed by atoms with Gasteiger partial charge in [-0.3, -0.25) is 14.4 Å². The van der Waals surface area contributed by atoms with Gasteiger partial charge in [-0.25, -0.2) is 0 Å². The van der Waals surface area contributed by atoms with Gasteiger partial charge in [-0.05, 0) is 32.7 Å². The van der Waals surface area contributed by atoms with Gasteiger partial charge in [-0.2, -0.15) is 5.10 Å². The molecule has 1 aromatic heterocycles. The van der Waals surface area contributed by atoms with Gasteiger partial charge in [0.1, 0.15) is 6.61 Å². The molecule has 1 amide bonds. The lowest BCUT2D eigenvalue weighted by Crippen LogP contribution is -2.41.